The maximum absolute atomic E-state index is 5.64. The third-order valence-corrected chi connectivity index (χ3v) is 3.17. The number of nitrogens with zero attached hydrogens (tertiary/aromatic N) is 4. The van der Waals surface area contributed by atoms with Crippen molar-refractivity contribution in [2.75, 3.05) is 27.3 Å². The molecule has 1 aromatic heterocycles. The molecule has 24 heavy (non-hydrogen) atoms. The van der Waals surface area contributed by atoms with E-state index < -0.39 is 0 Å². The molecule has 2 N–H and O–H groups in total. The van der Waals surface area contributed by atoms with Crippen LogP contribution in [0.4, 0.5) is 0 Å². The SMILES string of the molecule is CN=C(NCCOc1ccc(OC)cc1)NCc1nncn1C.I. The van der Waals surface area contributed by atoms with Crippen LogP contribution in [0.2, 0.25) is 0 Å². The standard InChI is InChI=1S/C15H22N6O2.HI/c1-16-15(18-10-14-20-19-11-21(14)2)17-8-9-23-13-6-4-12(22-3)5-7-13;/h4-7,11H,8-10H2,1-3H3,(H2,16,17,18);1H. The number of hydrogen-bond donors (Lipinski definition) is 2. The quantitative estimate of drug-likeness (QED) is 0.288. The molecular formula is C15H23IN6O2. The van der Waals surface area contributed by atoms with Crippen LogP contribution in [-0.2, 0) is 13.6 Å². The first-order chi connectivity index (χ1) is 11.2. The van der Waals surface area contributed by atoms with Gasteiger partial charge in [0.15, 0.2) is 11.8 Å². The molecule has 2 rings (SSSR count). The van der Waals surface area contributed by atoms with Crippen LogP contribution in [0.15, 0.2) is 35.6 Å². The number of ether oxygens (including phenoxy) is 2. The van der Waals surface area contributed by atoms with Crippen LogP contribution >= 0.6 is 24.0 Å². The summed E-state index contributed by atoms with van der Waals surface area (Å²) in [5.41, 5.74) is 0. The number of benzene rings is 1. The van der Waals surface area contributed by atoms with Crippen LogP contribution in [0.1, 0.15) is 5.82 Å². The van der Waals surface area contributed by atoms with E-state index in [1.807, 2.05) is 35.9 Å². The molecule has 0 spiro atoms. The number of aryl methyl sites for hydroxylation is 1. The second-order valence-corrected chi connectivity index (χ2v) is 4.73. The number of aromatic nitrogens is 3. The molecule has 0 bridgehead atoms. The van der Waals surface area contributed by atoms with E-state index in [2.05, 4.69) is 25.8 Å². The van der Waals surface area contributed by atoms with Gasteiger partial charge in [0.05, 0.1) is 20.2 Å². The average Bonchev–Trinajstić information content (AvgIpc) is 3.00. The van der Waals surface area contributed by atoms with Gasteiger partial charge < -0.3 is 24.7 Å². The Kier molecular flexibility index (Phi) is 8.90. The number of guanidine groups is 1. The summed E-state index contributed by atoms with van der Waals surface area (Å²) in [6.45, 7) is 1.71. The lowest BCUT2D eigenvalue weighted by Crippen LogP contribution is -2.39. The van der Waals surface area contributed by atoms with E-state index in [-0.39, 0.29) is 24.0 Å². The summed E-state index contributed by atoms with van der Waals surface area (Å²) in [5.74, 6) is 3.13. The van der Waals surface area contributed by atoms with Gasteiger partial charge in [-0.3, -0.25) is 4.99 Å². The van der Waals surface area contributed by atoms with Crippen LogP contribution in [0.3, 0.4) is 0 Å². The summed E-state index contributed by atoms with van der Waals surface area (Å²) >= 11 is 0. The minimum absolute atomic E-state index is 0. The zero-order valence-corrected chi connectivity index (χ0v) is 16.4. The van der Waals surface area contributed by atoms with Crippen molar-refractivity contribution in [2.24, 2.45) is 12.0 Å². The highest BCUT2D eigenvalue weighted by atomic mass is 127. The molecule has 0 amide bonds. The number of hydrogen-bond acceptors (Lipinski definition) is 5. The minimum Gasteiger partial charge on any atom is -0.497 e. The van der Waals surface area contributed by atoms with Gasteiger partial charge in [-0.25, -0.2) is 0 Å². The fourth-order valence-electron chi connectivity index (χ4n) is 1.86. The summed E-state index contributed by atoms with van der Waals surface area (Å²) < 4.78 is 12.6. The average molecular weight is 446 g/mol. The normalized spacial score (nSPS) is 10.7. The van der Waals surface area contributed by atoms with Crippen molar-refractivity contribution in [3.63, 3.8) is 0 Å². The molecule has 0 fully saturated rings. The van der Waals surface area contributed by atoms with Gasteiger partial charge in [0.25, 0.3) is 0 Å². The highest BCUT2D eigenvalue weighted by Gasteiger charge is 2.02. The molecule has 0 aliphatic carbocycles. The van der Waals surface area contributed by atoms with Crippen molar-refractivity contribution in [2.45, 2.75) is 6.54 Å². The number of halogens is 1. The van der Waals surface area contributed by atoms with E-state index in [0.29, 0.717) is 25.7 Å². The molecule has 0 unspecified atom stereocenters. The van der Waals surface area contributed by atoms with Crippen molar-refractivity contribution >= 4 is 29.9 Å². The van der Waals surface area contributed by atoms with Crippen LogP contribution in [0.5, 0.6) is 11.5 Å². The fourth-order valence-corrected chi connectivity index (χ4v) is 1.86. The molecule has 0 radical (unpaired) electrons. The Hall–Kier alpha value is -2.04. The third-order valence-electron chi connectivity index (χ3n) is 3.17. The van der Waals surface area contributed by atoms with E-state index in [4.69, 9.17) is 9.47 Å². The summed E-state index contributed by atoms with van der Waals surface area (Å²) in [5, 5.41) is 14.2. The Morgan fingerprint density at radius 2 is 1.92 bits per heavy atom. The monoisotopic (exact) mass is 446 g/mol. The Labute approximate surface area is 158 Å². The van der Waals surface area contributed by atoms with E-state index in [9.17, 15) is 0 Å². The molecule has 9 heteroatoms. The zero-order valence-electron chi connectivity index (χ0n) is 14.0. The minimum atomic E-state index is 0. The van der Waals surface area contributed by atoms with E-state index in [0.717, 1.165) is 17.3 Å². The lowest BCUT2D eigenvalue weighted by Gasteiger charge is -2.12. The van der Waals surface area contributed by atoms with Crippen LogP contribution < -0.4 is 20.1 Å². The van der Waals surface area contributed by atoms with Crippen molar-refractivity contribution in [1.29, 1.82) is 0 Å². The van der Waals surface area contributed by atoms with Gasteiger partial charge in [-0.15, -0.1) is 34.2 Å². The molecule has 2 aromatic rings. The van der Waals surface area contributed by atoms with Crippen molar-refractivity contribution in [1.82, 2.24) is 25.4 Å². The second kappa shape index (κ2) is 10.7. The Bertz CT molecular complexity index is 629. The molecular weight excluding hydrogens is 423 g/mol. The highest BCUT2D eigenvalue weighted by Crippen LogP contribution is 2.16. The fraction of sp³-hybridized carbons (Fsp3) is 0.400. The van der Waals surface area contributed by atoms with Gasteiger partial charge >= 0.3 is 0 Å². The van der Waals surface area contributed by atoms with Gasteiger partial charge in [-0.2, -0.15) is 0 Å². The molecule has 0 atom stereocenters. The second-order valence-electron chi connectivity index (χ2n) is 4.73. The van der Waals surface area contributed by atoms with Crippen LogP contribution in [0.25, 0.3) is 0 Å². The molecule has 0 aliphatic heterocycles. The zero-order chi connectivity index (χ0) is 16.5. The summed E-state index contributed by atoms with van der Waals surface area (Å²) in [7, 11) is 5.26. The first-order valence-electron chi connectivity index (χ1n) is 7.27. The van der Waals surface area contributed by atoms with Gasteiger partial charge in [0.1, 0.15) is 24.4 Å². The number of rotatable bonds is 7. The van der Waals surface area contributed by atoms with Gasteiger partial charge in [-0.1, -0.05) is 0 Å². The topological polar surface area (TPSA) is 85.6 Å². The van der Waals surface area contributed by atoms with Crippen molar-refractivity contribution in [3.05, 3.63) is 36.4 Å². The third kappa shape index (κ3) is 6.22. The van der Waals surface area contributed by atoms with E-state index >= 15 is 0 Å². The smallest absolute Gasteiger partial charge is 0.191 e. The molecule has 0 aliphatic rings. The maximum Gasteiger partial charge on any atom is 0.191 e. The van der Waals surface area contributed by atoms with Crippen LogP contribution in [0, 0.1) is 0 Å². The number of methoxy groups -OCH3 is 1. The van der Waals surface area contributed by atoms with Gasteiger partial charge in [0.2, 0.25) is 0 Å². The predicted octanol–water partition coefficient (Wildman–Crippen LogP) is 1.19. The van der Waals surface area contributed by atoms with Gasteiger partial charge in [-0.05, 0) is 24.3 Å². The predicted molar refractivity (Wildman–Crippen MR) is 103 cm³/mol. The summed E-state index contributed by atoms with van der Waals surface area (Å²) in [4.78, 5) is 4.15. The molecule has 0 saturated carbocycles. The Morgan fingerprint density at radius 3 is 2.50 bits per heavy atom. The largest absolute Gasteiger partial charge is 0.497 e. The van der Waals surface area contributed by atoms with Crippen molar-refractivity contribution < 1.29 is 9.47 Å². The summed E-state index contributed by atoms with van der Waals surface area (Å²) in [6, 6.07) is 7.48. The molecule has 132 valence electrons. The Morgan fingerprint density at radius 1 is 1.21 bits per heavy atom. The Balaban J connectivity index is 0.00000288. The van der Waals surface area contributed by atoms with Crippen molar-refractivity contribution in [3.8, 4) is 11.5 Å². The number of nitrogens with one attached hydrogen (secondary N) is 2. The highest BCUT2D eigenvalue weighted by molar-refractivity contribution is 14.0. The lowest BCUT2D eigenvalue weighted by molar-refractivity contribution is 0.321. The molecule has 8 nitrogen and oxygen atoms in total. The summed E-state index contributed by atoms with van der Waals surface area (Å²) in [6.07, 6.45) is 1.66. The van der Waals surface area contributed by atoms with E-state index in [1.54, 1.807) is 20.5 Å². The maximum atomic E-state index is 5.64. The van der Waals surface area contributed by atoms with E-state index in [1.165, 1.54) is 0 Å². The van der Waals surface area contributed by atoms with Gasteiger partial charge in [0, 0.05) is 14.1 Å². The molecule has 0 saturated heterocycles. The first kappa shape index (κ1) is 20.0. The molecule has 1 aromatic carbocycles. The first-order valence-corrected chi connectivity index (χ1v) is 7.27. The van der Waals surface area contributed by atoms with Crippen LogP contribution in [-0.4, -0.2) is 48.0 Å². The molecule has 1 heterocycles. The number of aliphatic imine (C=N–C) groups is 1. The lowest BCUT2D eigenvalue weighted by atomic mass is 10.3.